The molecule has 0 aromatic carbocycles. The first kappa shape index (κ1) is 16.9. The number of halogens is 1. The van der Waals surface area contributed by atoms with Crippen molar-refractivity contribution in [1.29, 1.82) is 0 Å². The van der Waals surface area contributed by atoms with Gasteiger partial charge in [-0.3, -0.25) is 4.79 Å². The van der Waals surface area contributed by atoms with Gasteiger partial charge in [0, 0.05) is 6.20 Å². The van der Waals surface area contributed by atoms with Crippen molar-refractivity contribution in [3.05, 3.63) is 29.0 Å². The number of esters is 2. The highest BCUT2D eigenvalue weighted by molar-refractivity contribution is 6.32. The van der Waals surface area contributed by atoms with Gasteiger partial charge in [0.1, 0.15) is 5.15 Å². The molecule has 0 aliphatic carbocycles. The number of ether oxygens (including phenoxy) is 2. The van der Waals surface area contributed by atoms with Gasteiger partial charge in [-0.15, -0.1) is 0 Å². The Morgan fingerprint density at radius 3 is 2.29 bits per heavy atom. The van der Waals surface area contributed by atoms with Gasteiger partial charge in [-0.05, 0) is 26.0 Å². The fourth-order valence-electron chi connectivity index (χ4n) is 1.43. The molecule has 114 valence electrons. The van der Waals surface area contributed by atoms with E-state index in [0.717, 1.165) is 0 Å². The number of rotatable bonds is 6. The highest BCUT2D eigenvalue weighted by atomic mass is 35.5. The summed E-state index contributed by atoms with van der Waals surface area (Å²) >= 11 is 5.78. The van der Waals surface area contributed by atoms with E-state index in [1.54, 1.807) is 13.8 Å². The van der Waals surface area contributed by atoms with Crippen molar-refractivity contribution in [2.45, 2.75) is 19.9 Å². The molecule has 1 N–H and O–H groups in total. The monoisotopic (exact) mass is 314 g/mol. The summed E-state index contributed by atoms with van der Waals surface area (Å²) in [5.41, 5.74) is 0.0396. The second-order valence-electron chi connectivity index (χ2n) is 3.75. The smallest absolute Gasteiger partial charge is 0.340 e. The Bertz CT molecular complexity index is 517. The molecule has 0 saturated carbocycles. The van der Waals surface area contributed by atoms with Crippen LogP contribution in [0.25, 0.3) is 0 Å². The van der Waals surface area contributed by atoms with Crippen molar-refractivity contribution >= 4 is 29.4 Å². The fourth-order valence-corrected chi connectivity index (χ4v) is 1.63. The van der Waals surface area contributed by atoms with E-state index in [1.165, 1.54) is 18.3 Å². The summed E-state index contributed by atoms with van der Waals surface area (Å²) in [6.45, 7) is 3.30. The summed E-state index contributed by atoms with van der Waals surface area (Å²) in [6.07, 6.45) is 1.41. The van der Waals surface area contributed by atoms with E-state index < -0.39 is 23.9 Å². The molecule has 8 heteroatoms. The molecule has 0 saturated heterocycles. The van der Waals surface area contributed by atoms with Crippen LogP contribution in [0.5, 0.6) is 0 Å². The predicted octanol–water partition coefficient (Wildman–Crippen LogP) is 0.960. The van der Waals surface area contributed by atoms with Crippen LogP contribution in [0, 0.1) is 0 Å². The molecule has 0 spiro atoms. The molecule has 21 heavy (non-hydrogen) atoms. The van der Waals surface area contributed by atoms with Gasteiger partial charge < -0.3 is 14.8 Å². The van der Waals surface area contributed by atoms with Crippen LogP contribution in [-0.4, -0.2) is 42.1 Å². The van der Waals surface area contributed by atoms with Crippen molar-refractivity contribution in [2.24, 2.45) is 0 Å². The third-order valence-electron chi connectivity index (χ3n) is 2.32. The van der Waals surface area contributed by atoms with Crippen LogP contribution < -0.4 is 5.32 Å². The second kappa shape index (κ2) is 8.21. The highest BCUT2D eigenvalue weighted by Gasteiger charge is 2.32. The number of amides is 1. The summed E-state index contributed by atoms with van der Waals surface area (Å²) in [7, 11) is 0. The number of nitrogens with one attached hydrogen (secondary N) is 1. The average molecular weight is 315 g/mol. The lowest BCUT2D eigenvalue weighted by molar-refractivity contribution is -0.157. The van der Waals surface area contributed by atoms with E-state index in [1.807, 2.05) is 0 Å². The van der Waals surface area contributed by atoms with Gasteiger partial charge in [-0.2, -0.15) is 0 Å². The first-order valence-corrected chi connectivity index (χ1v) is 6.63. The van der Waals surface area contributed by atoms with Gasteiger partial charge in [-0.25, -0.2) is 14.6 Å². The van der Waals surface area contributed by atoms with Crippen LogP contribution in [0.1, 0.15) is 24.2 Å². The maximum absolute atomic E-state index is 12.0. The first-order valence-electron chi connectivity index (χ1n) is 6.25. The molecule has 0 unspecified atom stereocenters. The minimum Gasteiger partial charge on any atom is -0.464 e. The van der Waals surface area contributed by atoms with Crippen LogP contribution in [0.15, 0.2) is 18.3 Å². The zero-order valence-electron chi connectivity index (χ0n) is 11.6. The van der Waals surface area contributed by atoms with Crippen molar-refractivity contribution in [3.63, 3.8) is 0 Å². The standard InChI is InChI=1S/C13H15ClN2O5/c1-3-20-12(18)9(13(19)21-4-2)16-11(17)8-6-5-7-15-10(8)14/h5-7,9H,3-4H2,1-2H3,(H,16,17). The Hall–Kier alpha value is -2.15. The predicted molar refractivity (Wildman–Crippen MR) is 73.8 cm³/mol. The lowest BCUT2D eigenvalue weighted by atomic mass is 10.2. The van der Waals surface area contributed by atoms with Gasteiger partial charge in [-0.1, -0.05) is 11.6 Å². The molecule has 1 aromatic heterocycles. The molecule has 1 aromatic rings. The molecule has 1 amide bonds. The molecule has 1 rings (SSSR count). The maximum Gasteiger partial charge on any atom is 0.340 e. The SMILES string of the molecule is CCOC(=O)C(NC(=O)c1cccnc1Cl)C(=O)OCC. The fraction of sp³-hybridized carbons (Fsp3) is 0.385. The minimum atomic E-state index is -1.55. The van der Waals surface area contributed by atoms with Crippen molar-refractivity contribution in [3.8, 4) is 0 Å². The third-order valence-corrected chi connectivity index (χ3v) is 2.62. The van der Waals surface area contributed by atoms with Crippen LogP contribution in [0.3, 0.4) is 0 Å². The van der Waals surface area contributed by atoms with Crippen molar-refractivity contribution in [2.75, 3.05) is 13.2 Å². The summed E-state index contributed by atoms with van der Waals surface area (Å²) in [5, 5.41) is 2.19. The molecule has 7 nitrogen and oxygen atoms in total. The Morgan fingerprint density at radius 1 is 1.24 bits per heavy atom. The summed E-state index contributed by atoms with van der Waals surface area (Å²) in [5.74, 6) is -2.52. The van der Waals surface area contributed by atoms with E-state index in [4.69, 9.17) is 21.1 Å². The van der Waals surface area contributed by atoms with Crippen LogP contribution in [0.2, 0.25) is 5.15 Å². The minimum absolute atomic E-state index is 0.0396. The van der Waals surface area contributed by atoms with E-state index in [-0.39, 0.29) is 23.9 Å². The maximum atomic E-state index is 12.0. The lowest BCUT2D eigenvalue weighted by Crippen LogP contribution is -2.48. The van der Waals surface area contributed by atoms with E-state index >= 15 is 0 Å². The summed E-state index contributed by atoms with van der Waals surface area (Å²) < 4.78 is 9.47. The topological polar surface area (TPSA) is 94.6 Å². The molecule has 0 aliphatic heterocycles. The Labute approximate surface area is 126 Å². The number of carbonyl (C=O) groups is 3. The van der Waals surface area contributed by atoms with E-state index in [9.17, 15) is 14.4 Å². The van der Waals surface area contributed by atoms with E-state index in [2.05, 4.69) is 10.3 Å². The summed E-state index contributed by atoms with van der Waals surface area (Å²) in [4.78, 5) is 39.2. The van der Waals surface area contributed by atoms with E-state index in [0.29, 0.717) is 0 Å². The second-order valence-corrected chi connectivity index (χ2v) is 4.11. The molecular weight excluding hydrogens is 300 g/mol. The van der Waals surface area contributed by atoms with Gasteiger partial charge in [0.25, 0.3) is 5.91 Å². The number of aromatic nitrogens is 1. The zero-order valence-corrected chi connectivity index (χ0v) is 12.3. The Morgan fingerprint density at radius 2 is 1.81 bits per heavy atom. The molecular formula is C13H15ClN2O5. The Kier molecular flexibility index (Phi) is 6.61. The number of pyridine rings is 1. The third kappa shape index (κ3) is 4.71. The van der Waals surface area contributed by atoms with Crippen molar-refractivity contribution in [1.82, 2.24) is 10.3 Å². The number of hydrogen-bond donors (Lipinski definition) is 1. The van der Waals surface area contributed by atoms with Gasteiger partial charge in [0.2, 0.25) is 6.04 Å². The van der Waals surface area contributed by atoms with Gasteiger partial charge in [0.05, 0.1) is 18.8 Å². The zero-order chi connectivity index (χ0) is 15.8. The van der Waals surface area contributed by atoms with Gasteiger partial charge >= 0.3 is 11.9 Å². The molecule has 0 aliphatic rings. The molecule has 0 bridgehead atoms. The average Bonchev–Trinajstić information content (AvgIpc) is 2.45. The number of hydrogen-bond acceptors (Lipinski definition) is 6. The molecule has 0 fully saturated rings. The van der Waals surface area contributed by atoms with Crippen LogP contribution >= 0.6 is 11.6 Å². The number of carbonyl (C=O) groups excluding carboxylic acids is 3. The first-order chi connectivity index (χ1) is 10.0. The normalized spacial score (nSPS) is 10.1. The highest BCUT2D eigenvalue weighted by Crippen LogP contribution is 2.11. The molecule has 1 heterocycles. The summed E-state index contributed by atoms with van der Waals surface area (Å²) in [6, 6.07) is 1.37. The Balaban J connectivity index is 2.90. The quantitative estimate of drug-likeness (QED) is 0.477. The van der Waals surface area contributed by atoms with Gasteiger partial charge in [0.15, 0.2) is 0 Å². The molecule has 0 radical (unpaired) electrons. The van der Waals surface area contributed by atoms with Crippen LogP contribution in [-0.2, 0) is 19.1 Å². The molecule has 0 atom stereocenters. The largest absolute Gasteiger partial charge is 0.464 e. The van der Waals surface area contributed by atoms with Crippen molar-refractivity contribution < 1.29 is 23.9 Å². The number of nitrogens with zero attached hydrogens (tertiary/aromatic N) is 1. The lowest BCUT2D eigenvalue weighted by Gasteiger charge is -2.16. The van der Waals surface area contributed by atoms with Crippen LogP contribution in [0.4, 0.5) is 0 Å².